The van der Waals surface area contributed by atoms with E-state index in [0.29, 0.717) is 12.1 Å². The van der Waals surface area contributed by atoms with E-state index < -0.39 is 0 Å². The highest BCUT2D eigenvalue weighted by atomic mass is 16.1. The van der Waals surface area contributed by atoms with Crippen molar-refractivity contribution in [2.75, 3.05) is 6.54 Å². The number of carbonyl (C=O) groups is 1. The van der Waals surface area contributed by atoms with Crippen molar-refractivity contribution in [2.45, 2.75) is 18.3 Å². The molecule has 28 heavy (non-hydrogen) atoms. The van der Waals surface area contributed by atoms with Crippen molar-refractivity contribution in [1.82, 2.24) is 14.9 Å². The summed E-state index contributed by atoms with van der Waals surface area (Å²) in [6.45, 7) is 0.684. The van der Waals surface area contributed by atoms with Crippen LogP contribution in [-0.2, 0) is 5.41 Å². The van der Waals surface area contributed by atoms with E-state index in [9.17, 15) is 4.79 Å². The summed E-state index contributed by atoms with van der Waals surface area (Å²) in [5, 5.41) is 3.13. The Morgan fingerprint density at radius 2 is 1.64 bits per heavy atom. The molecule has 1 aliphatic carbocycles. The van der Waals surface area contributed by atoms with Gasteiger partial charge in [-0.05, 0) is 54.8 Å². The Balaban J connectivity index is 1.30. The number of benzene rings is 3. The van der Waals surface area contributed by atoms with Gasteiger partial charge in [-0.3, -0.25) is 9.36 Å². The molecule has 1 aliphatic rings. The summed E-state index contributed by atoms with van der Waals surface area (Å²) in [5.74, 6) is -0.0238. The number of amides is 1. The molecule has 4 aromatic rings. The number of nitrogens with zero attached hydrogens (tertiary/aromatic N) is 2. The number of aromatic nitrogens is 2. The van der Waals surface area contributed by atoms with Crippen LogP contribution in [0.1, 0.15) is 28.8 Å². The van der Waals surface area contributed by atoms with Gasteiger partial charge in [-0.2, -0.15) is 0 Å². The van der Waals surface area contributed by atoms with Gasteiger partial charge >= 0.3 is 0 Å². The molecule has 1 heterocycles. The highest BCUT2D eigenvalue weighted by Crippen LogP contribution is 2.47. The van der Waals surface area contributed by atoms with Gasteiger partial charge in [-0.1, -0.05) is 42.5 Å². The number of fused-ring (bicyclic) bond motifs is 1. The first-order valence-electron chi connectivity index (χ1n) is 9.61. The summed E-state index contributed by atoms with van der Waals surface area (Å²) in [6.07, 6.45) is 4.07. The molecule has 1 aromatic heterocycles. The Kier molecular flexibility index (Phi) is 3.97. The van der Waals surface area contributed by atoms with Crippen LogP contribution in [-0.4, -0.2) is 22.0 Å². The molecule has 0 unspecified atom stereocenters. The smallest absolute Gasteiger partial charge is 0.251 e. The summed E-state index contributed by atoms with van der Waals surface area (Å²) < 4.78 is 2.03. The van der Waals surface area contributed by atoms with Crippen LogP contribution < -0.4 is 5.32 Å². The van der Waals surface area contributed by atoms with E-state index in [1.54, 1.807) is 0 Å². The van der Waals surface area contributed by atoms with Gasteiger partial charge in [0.25, 0.3) is 5.91 Å². The van der Waals surface area contributed by atoms with Crippen molar-refractivity contribution in [3.05, 3.63) is 96.3 Å². The van der Waals surface area contributed by atoms with E-state index >= 15 is 0 Å². The molecule has 0 bridgehead atoms. The predicted molar refractivity (Wildman–Crippen MR) is 111 cm³/mol. The third-order valence-corrected chi connectivity index (χ3v) is 5.69. The van der Waals surface area contributed by atoms with Crippen molar-refractivity contribution in [1.29, 1.82) is 0 Å². The molecule has 1 N–H and O–H groups in total. The average molecular weight is 367 g/mol. The third-order valence-electron chi connectivity index (χ3n) is 5.69. The van der Waals surface area contributed by atoms with Gasteiger partial charge in [0, 0.05) is 23.2 Å². The Labute approximate surface area is 163 Å². The Hall–Kier alpha value is -3.40. The number of hydrogen-bond acceptors (Lipinski definition) is 2. The number of hydrogen-bond donors (Lipinski definition) is 1. The summed E-state index contributed by atoms with van der Waals surface area (Å²) in [6, 6.07) is 26.2. The first kappa shape index (κ1) is 16.8. The SMILES string of the molecule is O=C(NCC1(c2ccccc2)CC1)c1ccc(-n2cnc3ccccc32)cc1. The first-order valence-corrected chi connectivity index (χ1v) is 9.61. The van der Waals surface area contributed by atoms with Crippen molar-refractivity contribution < 1.29 is 4.79 Å². The maximum atomic E-state index is 12.6. The first-order chi connectivity index (χ1) is 13.8. The minimum Gasteiger partial charge on any atom is -0.351 e. The van der Waals surface area contributed by atoms with E-state index in [0.717, 1.165) is 29.6 Å². The molecule has 4 nitrogen and oxygen atoms in total. The van der Waals surface area contributed by atoms with Crippen LogP contribution in [0.4, 0.5) is 0 Å². The van der Waals surface area contributed by atoms with Crippen molar-refractivity contribution in [3.8, 4) is 5.69 Å². The van der Waals surface area contributed by atoms with Crippen LogP contribution in [0.5, 0.6) is 0 Å². The average Bonchev–Trinajstić information content (AvgIpc) is 3.44. The molecule has 1 amide bonds. The molecule has 0 aliphatic heterocycles. The number of rotatable bonds is 5. The molecule has 0 atom stereocenters. The molecule has 4 heteroatoms. The van der Waals surface area contributed by atoms with Crippen LogP contribution in [0.2, 0.25) is 0 Å². The summed E-state index contributed by atoms with van der Waals surface area (Å²) in [4.78, 5) is 17.1. The van der Waals surface area contributed by atoms with E-state index in [1.807, 2.05) is 65.5 Å². The summed E-state index contributed by atoms with van der Waals surface area (Å²) in [7, 11) is 0. The fraction of sp³-hybridized carbons (Fsp3) is 0.167. The summed E-state index contributed by atoms with van der Waals surface area (Å²) in [5.41, 5.74) is 5.12. The molecular weight excluding hydrogens is 346 g/mol. The van der Waals surface area contributed by atoms with Crippen molar-refractivity contribution >= 4 is 16.9 Å². The lowest BCUT2D eigenvalue weighted by Gasteiger charge is -2.16. The fourth-order valence-electron chi connectivity index (χ4n) is 3.80. The van der Waals surface area contributed by atoms with E-state index in [2.05, 4.69) is 34.6 Å². The molecule has 1 fully saturated rings. The van der Waals surface area contributed by atoms with Crippen LogP contribution in [0, 0.1) is 0 Å². The normalized spacial score (nSPS) is 14.7. The molecule has 5 rings (SSSR count). The number of imidazole rings is 1. The van der Waals surface area contributed by atoms with Gasteiger partial charge < -0.3 is 5.32 Å². The third kappa shape index (κ3) is 2.97. The number of nitrogens with one attached hydrogen (secondary N) is 1. The maximum Gasteiger partial charge on any atom is 0.251 e. The quantitative estimate of drug-likeness (QED) is 0.565. The van der Waals surface area contributed by atoms with Gasteiger partial charge in [-0.15, -0.1) is 0 Å². The number of carbonyl (C=O) groups excluding carboxylic acids is 1. The Morgan fingerprint density at radius 1 is 0.929 bits per heavy atom. The number of para-hydroxylation sites is 2. The molecule has 3 aromatic carbocycles. The second-order valence-electron chi connectivity index (χ2n) is 7.48. The topological polar surface area (TPSA) is 46.9 Å². The van der Waals surface area contributed by atoms with Crippen LogP contribution >= 0.6 is 0 Å². The van der Waals surface area contributed by atoms with E-state index in [1.165, 1.54) is 5.56 Å². The minimum atomic E-state index is -0.0238. The standard InChI is InChI=1S/C24H21N3O/c28-23(25-16-24(14-15-24)19-6-2-1-3-7-19)18-10-12-20(13-11-18)27-17-26-21-8-4-5-9-22(21)27/h1-13,17H,14-16H2,(H,25,28). The molecule has 0 spiro atoms. The van der Waals surface area contributed by atoms with Crippen LogP contribution in [0.25, 0.3) is 16.7 Å². The second-order valence-corrected chi connectivity index (χ2v) is 7.48. The van der Waals surface area contributed by atoms with Gasteiger partial charge in [0.1, 0.15) is 6.33 Å². The van der Waals surface area contributed by atoms with Crippen LogP contribution in [0.15, 0.2) is 85.2 Å². The largest absolute Gasteiger partial charge is 0.351 e. The van der Waals surface area contributed by atoms with E-state index in [4.69, 9.17) is 0 Å². The van der Waals surface area contributed by atoms with Crippen molar-refractivity contribution in [3.63, 3.8) is 0 Å². The van der Waals surface area contributed by atoms with Gasteiger partial charge in [-0.25, -0.2) is 4.98 Å². The van der Waals surface area contributed by atoms with Crippen molar-refractivity contribution in [2.24, 2.45) is 0 Å². The van der Waals surface area contributed by atoms with E-state index in [-0.39, 0.29) is 11.3 Å². The molecule has 138 valence electrons. The second kappa shape index (κ2) is 6.64. The lowest BCUT2D eigenvalue weighted by molar-refractivity contribution is 0.0949. The van der Waals surface area contributed by atoms with Gasteiger partial charge in [0.05, 0.1) is 11.0 Å². The summed E-state index contributed by atoms with van der Waals surface area (Å²) >= 11 is 0. The lowest BCUT2D eigenvalue weighted by atomic mass is 9.96. The molecule has 0 saturated heterocycles. The Morgan fingerprint density at radius 3 is 2.39 bits per heavy atom. The van der Waals surface area contributed by atoms with Crippen LogP contribution in [0.3, 0.4) is 0 Å². The fourth-order valence-corrected chi connectivity index (χ4v) is 3.80. The zero-order valence-electron chi connectivity index (χ0n) is 15.5. The zero-order chi connectivity index (χ0) is 19.0. The highest BCUT2D eigenvalue weighted by molar-refractivity contribution is 5.94. The Bertz CT molecular complexity index is 1130. The predicted octanol–water partition coefficient (Wildman–Crippen LogP) is 4.49. The zero-order valence-corrected chi connectivity index (χ0v) is 15.5. The minimum absolute atomic E-state index is 0.0238. The lowest BCUT2D eigenvalue weighted by Crippen LogP contribution is -2.32. The van der Waals surface area contributed by atoms with Gasteiger partial charge in [0.2, 0.25) is 0 Å². The molecule has 0 radical (unpaired) electrons. The molecule has 1 saturated carbocycles. The monoisotopic (exact) mass is 367 g/mol. The molecular formula is C24H21N3O. The highest BCUT2D eigenvalue weighted by Gasteiger charge is 2.44. The maximum absolute atomic E-state index is 12.6. The van der Waals surface area contributed by atoms with Gasteiger partial charge in [0.15, 0.2) is 0 Å².